The fourth-order valence-corrected chi connectivity index (χ4v) is 3.13. The molecule has 1 heterocycles. The van der Waals surface area contributed by atoms with Crippen molar-refractivity contribution in [3.05, 3.63) is 35.4 Å². The Morgan fingerprint density at radius 1 is 1.19 bits per heavy atom. The summed E-state index contributed by atoms with van der Waals surface area (Å²) >= 11 is 0. The van der Waals surface area contributed by atoms with E-state index in [-0.39, 0.29) is 11.7 Å². The van der Waals surface area contributed by atoms with Crippen molar-refractivity contribution in [1.82, 2.24) is 0 Å². The highest BCUT2D eigenvalue weighted by Crippen LogP contribution is 2.48. The molecule has 1 saturated heterocycles. The number of benzene rings is 1. The lowest BCUT2D eigenvalue weighted by Gasteiger charge is -2.35. The molecule has 86 valence electrons. The number of hydrogen-bond donors (Lipinski definition) is 0. The zero-order chi connectivity index (χ0) is 11.4. The van der Waals surface area contributed by atoms with Crippen LogP contribution in [0.5, 0.6) is 0 Å². The van der Waals surface area contributed by atoms with Gasteiger partial charge >= 0.3 is 0 Å². The molecule has 0 aromatic heterocycles. The van der Waals surface area contributed by atoms with Crippen molar-refractivity contribution < 1.29 is 9.47 Å². The largest absolute Gasteiger partial charge is 0.344 e. The lowest BCUT2D eigenvalue weighted by molar-refractivity contribution is -0.161. The molecule has 0 saturated carbocycles. The first-order valence-corrected chi connectivity index (χ1v) is 5.98. The Bertz CT molecular complexity index is 424. The Morgan fingerprint density at radius 2 is 1.94 bits per heavy atom. The van der Waals surface area contributed by atoms with Gasteiger partial charge in [-0.1, -0.05) is 24.3 Å². The second-order valence-corrected chi connectivity index (χ2v) is 5.41. The van der Waals surface area contributed by atoms with Crippen molar-refractivity contribution in [3.8, 4) is 0 Å². The van der Waals surface area contributed by atoms with E-state index in [2.05, 4.69) is 31.2 Å². The van der Waals surface area contributed by atoms with Crippen LogP contribution < -0.4 is 0 Å². The first kappa shape index (κ1) is 10.3. The van der Waals surface area contributed by atoms with E-state index in [0.29, 0.717) is 0 Å². The third kappa shape index (κ3) is 1.33. The molecule has 0 bridgehead atoms. The minimum atomic E-state index is -0.461. The molecule has 3 rings (SSSR count). The number of aryl methyl sites for hydroxylation is 1. The molecule has 0 spiro atoms. The van der Waals surface area contributed by atoms with Crippen molar-refractivity contribution >= 4 is 0 Å². The summed E-state index contributed by atoms with van der Waals surface area (Å²) in [6, 6.07) is 8.56. The average Bonchev–Trinajstić information content (AvgIpc) is 2.47. The van der Waals surface area contributed by atoms with Gasteiger partial charge in [-0.3, -0.25) is 0 Å². The van der Waals surface area contributed by atoms with Crippen LogP contribution in [0.25, 0.3) is 0 Å². The molecule has 1 aromatic carbocycles. The van der Waals surface area contributed by atoms with Crippen molar-refractivity contribution in [2.24, 2.45) is 0 Å². The predicted octanol–water partition coefficient (Wildman–Crippen LogP) is 3.00. The second kappa shape index (κ2) is 3.08. The fraction of sp³-hybridized carbons (Fsp3) is 0.571. The molecular weight excluding hydrogens is 200 g/mol. The van der Waals surface area contributed by atoms with Gasteiger partial charge in [0, 0.05) is 0 Å². The Morgan fingerprint density at radius 3 is 2.75 bits per heavy atom. The highest BCUT2D eigenvalue weighted by Gasteiger charge is 2.53. The monoisotopic (exact) mass is 218 g/mol. The summed E-state index contributed by atoms with van der Waals surface area (Å²) in [5.74, 6) is -0.461. The van der Waals surface area contributed by atoms with Gasteiger partial charge in [0.15, 0.2) is 5.79 Å². The summed E-state index contributed by atoms with van der Waals surface area (Å²) in [4.78, 5) is 0. The minimum absolute atomic E-state index is 0.192. The SMILES string of the molecule is CC1(C)OC2CCc3ccccc3[C@@]2(C)O1. The van der Waals surface area contributed by atoms with Gasteiger partial charge in [-0.25, -0.2) is 0 Å². The molecule has 1 fully saturated rings. The molecule has 1 unspecified atom stereocenters. The van der Waals surface area contributed by atoms with E-state index in [1.807, 2.05) is 13.8 Å². The Kier molecular flexibility index (Phi) is 1.99. The molecule has 1 aromatic rings. The Labute approximate surface area is 96.6 Å². The topological polar surface area (TPSA) is 18.5 Å². The molecule has 2 aliphatic rings. The van der Waals surface area contributed by atoms with Crippen molar-refractivity contribution in [2.75, 3.05) is 0 Å². The van der Waals surface area contributed by atoms with Gasteiger partial charge in [-0.15, -0.1) is 0 Å². The predicted molar refractivity (Wildman–Crippen MR) is 62.2 cm³/mol. The summed E-state index contributed by atoms with van der Waals surface area (Å²) < 4.78 is 12.1. The standard InChI is InChI=1S/C14H18O2/c1-13(2)15-12-9-8-10-6-4-5-7-11(10)14(12,3)16-13/h4-7,12H,8-9H2,1-3H3/t12?,14-/m1/s1. The summed E-state index contributed by atoms with van der Waals surface area (Å²) in [5, 5.41) is 0. The highest BCUT2D eigenvalue weighted by atomic mass is 16.8. The quantitative estimate of drug-likeness (QED) is 0.666. The molecular formula is C14H18O2. The van der Waals surface area contributed by atoms with E-state index in [1.165, 1.54) is 11.1 Å². The Hall–Kier alpha value is -0.860. The van der Waals surface area contributed by atoms with Gasteiger partial charge in [0.05, 0.1) is 6.10 Å². The van der Waals surface area contributed by atoms with Crippen LogP contribution in [-0.4, -0.2) is 11.9 Å². The van der Waals surface area contributed by atoms with Crippen LogP contribution in [0.1, 0.15) is 38.3 Å². The molecule has 0 radical (unpaired) electrons. The van der Waals surface area contributed by atoms with Gasteiger partial charge in [0.25, 0.3) is 0 Å². The lowest BCUT2D eigenvalue weighted by Crippen LogP contribution is -2.38. The molecule has 2 heteroatoms. The fourth-order valence-electron chi connectivity index (χ4n) is 3.13. The normalized spacial score (nSPS) is 35.6. The highest BCUT2D eigenvalue weighted by molar-refractivity contribution is 5.36. The van der Waals surface area contributed by atoms with Gasteiger partial charge in [-0.05, 0) is 44.7 Å². The van der Waals surface area contributed by atoms with Crippen LogP contribution in [0, 0.1) is 0 Å². The molecule has 0 N–H and O–H groups in total. The molecule has 16 heavy (non-hydrogen) atoms. The third-order valence-corrected chi connectivity index (χ3v) is 3.73. The maximum absolute atomic E-state index is 6.14. The molecule has 2 nitrogen and oxygen atoms in total. The Balaban J connectivity index is 2.11. The maximum Gasteiger partial charge on any atom is 0.164 e. The van der Waals surface area contributed by atoms with E-state index < -0.39 is 5.79 Å². The number of fused-ring (bicyclic) bond motifs is 3. The van der Waals surface area contributed by atoms with E-state index in [0.717, 1.165) is 12.8 Å². The summed E-state index contributed by atoms with van der Waals surface area (Å²) in [7, 11) is 0. The van der Waals surface area contributed by atoms with Gasteiger partial charge < -0.3 is 9.47 Å². The van der Waals surface area contributed by atoms with Crippen LogP contribution in [0.4, 0.5) is 0 Å². The number of rotatable bonds is 0. The van der Waals surface area contributed by atoms with Gasteiger partial charge in [0.1, 0.15) is 5.60 Å². The summed E-state index contributed by atoms with van der Waals surface area (Å²) in [6.45, 7) is 6.16. The molecule has 1 aliphatic heterocycles. The smallest absolute Gasteiger partial charge is 0.164 e. The second-order valence-electron chi connectivity index (χ2n) is 5.41. The summed E-state index contributed by atoms with van der Waals surface area (Å²) in [6.07, 6.45) is 2.34. The van der Waals surface area contributed by atoms with E-state index >= 15 is 0 Å². The van der Waals surface area contributed by atoms with Crippen LogP contribution >= 0.6 is 0 Å². The van der Waals surface area contributed by atoms with E-state index in [4.69, 9.17) is 9.47 Å². The van der Waals surface area contributed by atoms with Crippen molar-refractivity contribution in [3.63, 3.8) is 0 Å². The summed E-state index contributed by atoms with van der Waals surface area (Å²) in [5.41, 5.74) is 2.44. The van der Waals surface area contributed by atoms with Crippen molar-refractivity contribution in [1.29, 1.82) is 0 Å². The van der Waals surface area contributed by atoms with Crippen LogP contribution in [0.2, 0.25) is 0 Å². The van der Waals surface area contributed by atoms with Crippen LogP contribution in [-0.2, 0) is 21.5 Å². The third-order valence-electron chi connectivity index (χ3n) is 3.73. The van der Waals surface area contributed by atoms with Gasteiger partial charge in [-0.2, -0.15) is 0 Å². The first-order chi connectivity index (χ1) is 7.51. The average molecular weight is 218 g/mol. The number of ether oxygens (including phenoxy) is 2. The maximum atomic E-state index is 6.14. The van der Waals surface area contributed by atoms with Crippen LogP contribution in [0.15, 0.2) is 24.3 Å². The molecule has 2 atom stereocenters. The molecule has 0 amide bonds. The minimum Gasteiger partial charge on any atom is -0.344 e. The van der Waals surface area contributed by atoms with E-state index in [1.54, 1.807) is 0 Å². The van der Waals surface area contributed by atoms with Crippen LogP contribution in [0.3, 0.4) is 0 Å². The van der Waals surface area contributed by atoms with E-state index in [9.17, 15) is 0 Å². The van der Waals surface area contributed by atoms with Gasteiger partial charge in [0.2, 0.25) is 0 Å². The zero-order valence-corrected chi connectivity index (χ0v) is 10.1. The molecule has 1 aliphatic carbocycles. The lowest BCUT2D eigenvalue weighted by atomic mass is 9.78. The zero-order valence-electron chi connectivity index (χ0n) is 10.1. The first-order valence-electron chi connectivity index (χ1n) is 5.98. The number of hydrogen-bond acceptors (Lipinski definition) is 2. The van der Waals surface area contributed by atoms with Crippen molar-refractivity contribution in [2.45, 2.75) is 51.1 Å².